The van der Waals surface area contributed by atoms with E-state index in [9.17, 15) is 9.59 Å². The van der Waals surface area contributed by atoms with Gasteiger partial charge in [-0.15, -0.1) is 0 Å². The number of carboxylic acids is 1. The van der Waals surface area contributed by atoms with Gasteiger partial charge in [-0.3, -0.25) is 4.79 Å². The monoisotopic (exact) mass is 375 g/mol. The van der Waals surface area contributed by atoms with E-state index in [-0.39, 0.29) is 17.9 Å². The van der Waals surface area contributed by atoms with E-state index in [1.54, 1.807) is 30.5 Å². The van der Waals surface area contributed by atoms with Gasteiger partial charge >= 0.3 is 5.97 Å². The Kier molecular flexibility index (Phi) is 5.69. The Bertz CT molecular complexity index is 1020. The highest BCUT2D eigenvalue weighted by atomic mass is 16.4. The smallest absolute Gasteiger partial charge is 0.335 e. The van der Waals surface area contributed by atoms with Crippen molar-refractivity contribution in [3.8, 4) is 5.69 Å². The molecule has 2 N–H and O–H groups in total. The number of aromatic nitrogens is 1. The summed E-state index contributed by atoms with van der Waals surface area (Å²) < 4.78 is 2.01. The van der Waals surface area contributed by atoms with Crippen LogP contribution in [0.3, 0.4) is 0 Å². The predicted octanol–water partition coefficient (Wildman–Crippen LogP) is 3.49. The van der Waals surface area contributed by atoms with Crippen molar-refractivity contribution in [2.75, 3.05) is 0 Å². The van der Waals surface area contributed by atoms with Crippen LogP contribution in [-0.4, -0.2) is 27.8 Å². The molecule has 0 radical (unpaired) electrons. The Balaban J connectivity index is 1.71. The maximum absolute atomic E-state index is 12.0. The molecule has 6 heteroatoms. The molecule has 1 heterocycles. The molecule has 2 aromatic carbocycles. The van der Waals surface area contributed by atoms with Crippen molar-refractivity contribution >= 4 is 18.1 Å². The van der Waals surface area contributed by atoms with Crippen molar-refractivity contribution in [2.45, 2.75) is 20.3 Å². The van der Waals surface area contributed by atoms with E-state index < -0.39 is 5.97 Å². The molecule has 28 heavy (non-hydrogen) atoms. The number of hydrazone groups is 1. The molecule has 0 aliphatic rings. The number of rotatable bonds is 6. The number of aryl methyl sites for hydroxylation is 1. The molecule has 0 unspecified atom stereocenters. The van der Waals surface area contributed by atoms with Gasteiger partial charge in [0, 0.05) is 22.6 Å². The van der Waals surface area contributed by atoms with Crippen molar-refractivity contribution in [2.24, 2.45) is 5.10 Å². The summed E-state index contributed by atoms with van der Waals surface area (Å²) in [5, 5.41) is 13.1. The van der Waals surface area contributed by atoms with Crippen LogP contribution < -0.4 is 5.43 Å². The fourth-order valence-electron chi connectivity index (χ4n) is 3.06. The van der Waals surface area contributed by atoms with Crippen LogP contribution >= 0.6 is 0 Å². The van der Waals surface area contributed by atoms with Crippen molar-refractivity contribution < 1.29 is 14.7 Å². The molecule has 142 valence electrons. The molecule has 0 saturated heterocycles. The summed E-state index contributed by atoms with van der Waals surface area (Å²) >= 11 is 0. The molecule has 3 aromatic rings. The van der Waals surface area contributed by atoms with E-state index in [1.165, 1.54) is 0 Å². The van der Waals surface area contributed by atoms with Gasteiger partial charge in [-0.25, -0.2) is 10.2 Å². The highest BCUT2D eigenvalue weighted by Crippen LogP contribution is 2.20. The van der Waals surface area contributed by atoms with Crippen molar-refractivity contribution in [3.05, 3.63) is 88.7 Å². The van der Waals surface area contributed by atoms with Gasteiger partial charge in [-0.1, -0.05) is 30.3 Å². The molecular weight excluding hydrogens is 354 g/mol. The zero-order valence-corrected chi connectivity index (χ0v) is 15.7. The van der Waals surface area contributed by atoms with Crippen LogP contribution in [0.25, 0.3) is 5.69 Å². The summed E-state index contributed by atoms with van der Waals surface area (Å²) in [4.78, 5) is 23.0. The van der Waals surface area contributed by atoms with Crippen LogP contribution in [0.5, 0.6) is 0 Å². The van der Waals surface area contributed by atoms with E-state index in [2.05, 4.69) is 10.5 Å². The molecule has 0 aliphatic carbocycles. The second kappa shape index (κ2) is 8.35. The van der Waals surface area contributed by atoms with Crippen LogP contribution in [0.4, 0.5) is 0 Å². The maximum Gasteiger partial charge on any atom is 0.335 e. The van der Waals surface area contributed by atoms with Gasteiger partial charge in [0.1, 0.15) is 0 Å². The number of carbonyl (C=O) groups excluding carboxylic acids is 1. The lowest BCUT2D eigenvalue weighted by molar-refractivity contribution is -0.120. The van der Waals surface area contributed by atoms with Gasteiger partial charge < -0.3 is 9.67 Å². The largest absolute Gasteiger partial charge is 0.478 e. The number of hydrogen-bond acceptors (Lipinski definition) is 3. The molecule has 0 saturated carbocycles. The molecule has 0 aliphatic heterocycles. The normalized spacial score (nSPS) is 10.9. The second-order valence-electron chi connectivity index (χ2n) is 6.47. The van der Waals surface area contributed by atoms with Crippen LogP contribution in [0.1, 0.15) is 32.9 Å². The Morgan fingerprint density at radius 3 is 2.39 bits per heavy atom. The van der Waals surface area contributed by atoms with Crippen molar-refractivity contribution in [1.82, 2.24) is 9.99 Å². The lowest BCUT2D eigenvalue weighted by atomic mass is 10.1. The van der Waals surface area contributed by atoms with Crippen molar-refractivity contribution in [3.63, 3.8) is 0 Å². The molecule has 6 nitrogen and oxygen atoms in total. The highest BCUT2D eigenvalue weighted by Gasteiger charge is 2.10. The molecule has 1 amide bonds. The van der Waals surface area contributed by atoms with E-state index in [4.69, 9.17) is 5.11 Å². The van der Waals surface area contributed by atoms with Gasteiger partial charge in [0.15, 0.2) is 0 Å². The fourth-order valence-corrected chi connectivity index (χ4v) is 3.06. The number of benzene rings is 2. The number of amides is 1. The lowest BCUT2D eigenvalue weighted by Gasteiger charge is -2.09. The fraction of sp³-hybridized carbons (Fsp3) is 0.136. The van der Waals surface area contributed by atoms with E-state index in [1.807, 2.05) is 54.8 Å². The Labute approximate surface area is 163 Å². The Morgan fingerprint density at radius 1 is 1.07 bits per heavy atom. The molecule has 0 fully saturated rings. The summed E-state index contributed by atoms with van der Waals surface area (Å²) in [6.45, 7) is 3.91. The SMILES string of the molecule is Cc1cc(/C=N\NC(=O)Cc2ccccc2)c(C)n1-c1ccc(C(=O)O)cc1. The van der Waals surface area contributed by atoms with Gasteiger partial charge in [0.2, 0.25) is 5.91 Å². The average Bonchev–Trinajstić information content (AvgIpc) is 2.96. The summed E-state index contributed by atoms with van der Waals surface area (Å²) in [6.07, 6.45) is 1.89. The molecular formula is C22H21N3O3. The maximum atomic E-state index is 12.0. The first kappa shape index (κ1) is 19.1. The quantitative estimate of drug-likeness (QED) is 0.511. The third-order valence-corrected chi connectivity index (χ3v) is 4.44. The summed E-state index contributed by atoms with van der Waals surface area (Å²) in [5.74, 6) is -1.13. The van der Waals surface area contributed by atoms with Gasteiger partial charge in [-0.05, 0) is 49.7 Å². The molecule has 0 atom stereocenters. The number of aromatic carboxylic acids is 1. The van der Waals surface area contributed by atoms with E-state index in [0.717, 1.165) is 28.2 Å². The number of nitrogens with one attached hydrogen (secondary N) is 1. The van der Waals surface area contributed by atoms with Crippen LogP contribution in [-0.2, 0) is 11.2 Å². The number of carboxylic acid groups (broad SMARTS) is 1. The third kappa shape index (κ3) is 4.35. The minimum Gasteiger partial charge on any atom is -0.478 e. The number of carbonyl (C=O) groups is 2. The number of nitrogens with zero attached hydrogens (tertiary/aromatic N) is 2. The zero-order chi connectivity index (χ0) is 20.1. The Hall–Kier alpha value is -3.67. The van der Waals surface area contributed by atoms with Crippen LogP contribution in [0.2, 0.25) is 0 Å². The average molecular weight is 375 g/mol. The first-order chi connectivity index (χ1) is 13.5. The molecule has 3 rings (SSSR count). The topological polar surface area (TPSA) is 83.7 Å². The minimum atomic E-state index is -0.952. The number of hydrogen-bond donors (Lipinski definition) is 2. The predicted molar refractivity (Wildman–Crippen MR) is 108 cm³/mol. The molecule has 0 bridgehead atoms. The summed E-state index contributed by atoms with van der Waals surface area (Å²) in [6, 6.07) is 18.1. The zero-order valence-electron chi connectivity index (χ0n) is 15.7. The summed E-state index contributed by atoms with van der Waals surface area (Å²) in [5.41, 5.74) is 7.40. The van der Waals surface area contributed by atoms with E-state index in [0.29, 0.717) is 0 Å². The van der Waals surface area contributed by atoms with Gasteiger partial charge in [0.05, 0.1) is 18.2 Å². The van der Waals surface area contributed by atoms with Crippen LogP contribution in [0.15, 0.2) is 65.8 Å². The van der Waals surface area contributed by atoms with Crippen molar-refractivity contribution in [1.29, 1.82) is 0 Å². The van der Waals surface area contributed by atoms with E-state index >= 15 is 0 Å². The van der Waals surface area contributed by atoms with Gasteiger partial charge in [0.25, 0.3) is 0 Å². The lowest BCUT2D eigenvalue weighted by Crippen LogP contribution is -2.19. The highest BCUT2D eigenvalue weighted by molar-refractivity contribution is 5.88. The minimum absolute atomic E-state index is 0.180. The third-order valence-electron chi connectivity index (χ3n) is 4.44. The van der Waals surface area contributed by atoms with Crippen LogP contribution in [0, 0.1) is 13.8 Å². The first-order valence-electron chi connectivity index (χ1n) is 8.84. The molecule has 0 spiro atoms. The Morgan fingerprint density at radius 2 is 1.75 bits per heavy atom. The second-order valence-corrected chi connectivity index (χ2v) is 6.47. The summed E-state index contributed by atoms with van der Waals surface area (Å²) in [7, 11) is 0. The van der Waals surface area contributed by atoms with Gasteiger partial charge in [-0.2, -0.15) is 5.10 Å². The molecule has 1 aromatic heterocycles. The standard InChI is InChI=1S/C22H21N3O3/c1-15-12-19(14-23-24-21(26)13-17-6-4-3-5-7-17)16(2)25(15)20-10-8-18(9-11-20)22(27)28/h3-12,14H,13H2,1-2H3,(H,24,26)(H,27,28)/b23-14-. The first-order valence-corrected chi connectivity index (χ1v) is 8.84.